The number of benzene rings is 2. The van der Waals surface area contributed by atoms with Gasteiger partial charge in [-0.15, -0.1) is 0 Å². The molecular formula is C19H16N4O7S. The molecule has 0 N–H and O–H groups in total. The molecule has 160 valence electrons. The SMILES string of the molecule is O=C(OCc1nc(-c2ccc([N+](=O)[O-])cc2)no1)c1ccc(N2CCCS2(=O)=O)cc1. The average molecular weight is 444 g/mol. The Morgan fingerprint density at radius 3 is 2.48 bits per heavy atom. The summed E-state index contributed by atoms with van der Waals surface area (Å²) in [5.41, 5.74) is 1.20. The van der Waals surface area contributed by atoms with Crippen LogP contribution >= 0.6 is 0 Å². The minimum absolute atomic E-state index is 0.0569. The first-order valence-corrected chi connectivity index (χ1v) is 10.8. The normalized spacial score (nSPS) is 15.0. The van der Waals surface area contributed by atoms with E-state index in [0.29, 0.717) is 24.2 Å². The van der Waals surface area contributed by atoms with Gasteiger partial charge in [-0.1, -0.05) is 5.16 Å². The van der Waals surface area contributed by atoms with Crippen LogP contribution < -0.4 is 4.31 Å². The number of carbonyl (C=O) groups excluding carboxylic acids is 1. The van der Waals surface area contributed by atoms with Crippen molar-refractivity contribution in [2.24, 2.45) is 0 Å². The zero-order valence-corrected chi connectivity index (χ0v) is 16.8. The first kappa shape index (κ1) is 20.5. The minimum atomic E-state index is -3.29. The molecule has 0 unspecified atom stereocenters. The van der Waals surface area contributed by atoms with E-state index in [1.807, 2.05) is 0 Å². The van der Waals surface area contributed by atoms with Crippen LogP contribution in [0, 0.1) is 10.1 Å². The fourth-order valence-corrected chi connectivity index (χ4v) is 4.63. The minimum Gasteiger partial charge on any atom is -0.452 e. The van der Waals surface area contributed by atoms with E-state index in [0.717, 1.165) is 0 Å². The number of nitro benzene ring substituents is 1. The molecule has 2 aromatic carbocycles. The van der Waals surface area contributed by atoms with Crippen molar-refractivity contribution in [2.45, 2.75) is 13.0 Å². The predicted molar refractivity (Wildman–Crippen MR) is 108 cm³/mol. The van der Waals surface area contributed by atoms with Crippen molar-refractivity contribution in [3.63, 3.8) is 0 Å². The van der Waals surface area contributed by atoms with Gasteiger partial charge in [0.1, 0.15) is 0 Å². The Kier molecular flexibility index (Phi) is 5.38. The lowest BCUT2D eigenvalue weighted by Gasteiger charge is -2.16. The summed E-state index contributed by atoms with van der Waals surface area (Å²) in [6, 6.07) is 11.7. The van der Waals surface area contributed by atoms with Crippen molar-refractivity contribution in [2.75, 3.05) is 16.6 Å². The van der Waals surface area contributed by atoms with Gasteiger partial charge in [0.2, 0.25) is 15.8 Å². The Hall–Kier alpha value is -3.80. The highest BCUT2D eigenvalue weighted by atomic mass is 32.2. The summed E-state index contributed by atoms with van der Waals surface area (Å²) in [7, 11) is -3.29. The highest BCUT2D eigenvalue weighted by Gasteiger charge is 2.28. The summed E-state index contributed by atoms with van der Waals surface area (Å²) < 4.78 is 35.5. The van der Waals surface area contributed by atoms with Crippen molar-refractivity contribution in [1.29, 1.82) is 0 Å². The molecule has 11 nitrogen and oxygen atoms in total. The van der Waals surface area contributed by atoms with Crippen molar-refractivity contribution < 1.29 is 27.4 Å². The number of hydrogen-bond acceptors (Lipinski definition) is 9. The van der Waals surface area contributed by atoms with Gasteiger partial charge in [-0.05, 0) is 42.8 Å². The molecule has 31 heavy (non-hydrogen) atoms. The summed E-state index contributed by atoms with van der Waals surface area (Å²) in [6.07, 6.45) is 0.568. The number of anilines is 1. The van der Waals surface area contributed by atoms with Crippen LogP contribution in [-0.4, -0.2) is 41.7 Å². The van der Waals surface area contributed by atoms with E-state index in [9.17, 15) is 23.3 Å². The van der Waals surface area contributed by atoms with Crippen LogP contribution in [0.15, 0.2) is 53.1 Å². The molecule has 12 heteroatoms. The third kappa shape index (κ3) is 4.38. The molecule has 1 aliphatic heterocycles. The molecule has 1 aliphatic rings. The second kappa shape index (κ2) is 8.14. The van der Waals surface area contributed by atoms with Gasteiger partial charge in [0.15, 0.2) is 6.61 Å². The largest absolute Gasteiger partial charge is 0.452 e. The molecular weight excluding hydrogens is 428 g/mol. The molecule has 0 saturated carbocycles. The number of aromatic nitrogens is 2. The topological polar surface area (TPSA) is 146 Å². The van der Waals surface area contributed by atoms with E-state index >= 15 is 0 Å². The summed E-state index contributed by atoms with van der Waals surface area (Å²) in [6.45, 7) is 0.154. The number of sulfonamides is 1. The molecule has 1 aromatic heterocycles. The summed E-state index contributed by atoms with van der Waals surface area (Å²) in [4.78, 5) is 26.6. The highest BCUT2D eigenvalue weighted by molar-refractivity contribution is 7.93. The van der Waals surface area contributed by atoms with Crippen molar-refractivity contribution in [3.05, 3.63) is 70.1 Å². The van der Waals surface area contributed by atoms with E-state index in [-0.39, 0.29) is 35.3 Å². The van der Waals surface area contributed by atoms with Gasteiger partial charge in [-0.25, -0.2) is 13.2 Å². The van der Waals surface area contributed by atoms with Crippen LogP contribution in [0.5, 0.6) is 0 Å². The van der Waals surface area contributed by atoms with E-state index in [2.05, 4.69) is 10.1 Å². The summed E-state index contributed by atoms with van der Waals surface area (Å²) >= 11 is 0. The molecule has 4 rings (SSSR count). The van der Waals surface area contributed by atoms with Gasteiger partial charge in [0.05, 0.1) is 21.9 Å². The van der Waals surface area contributed by atoms with Crippen LogP contribution in [0.2, 0.25) is 0 Å². The lowest BCUT2D eigenvalue weighted by Crippen LogP contribution is -2.25. The zero-order chi connectivity index (χ0) is 22.0. The number of rotatable bonds is 6. The van der Waals surface area contributed by atoms with Gasteiger partial charge in [-0.3, -0.25) is 14.4 Å². The number of nitro groups is 1. The Bertz CT molecular complexity index is 1220. The average Bonchev–Trinajstić information content (AvgIpc) is 3.38. The fraction of sp³-hybridized carbons (Fsp3) is 0.211. The van der Waals surface area contributed by atoms with Gasteiger partial charge < -0.3 is 9.26 Å². The second-order valence-corrected chi connectivity index (χ2v) is 8.69. The first-order valence-electron chi connectivity index (χ1n) is 9.18. The summed E-state index contributed by atoms with van der Waals surface area (Å²) in [5, 5.41) is 14.5. The number of ether oxygens (including phenoxy) is 1. The standard InChI is InChI=1S/C19H16N4O7S/c24-19(14-4-6-15(7-5-14)22-10-1-11-31(22,27)28)29-12-17-20-18(21-30-17)13-2-8-16(9-3-13)23(25)26/h2-9H,1,10-12H2. The maximum atomic E-state index is 12.2. The Morgan fingerprint density at radius 2 is 1.87 bits per heavy atom. The number of carbonyl (C=O) groups is 1. The number of nitrogens with zero attached hydrogens (tertiary/aromatic N) is 4. The van der Waals surface area contributed by atoms with Gasteiger partial charge in [0, 0.05) is 24.2 Å². The van der Waals surface area contributed by atoms with Gasteiger partial charge >= 0.3 is 5.97 Å². The molecule has 0 bridgehead atoms. The Balaban J connectivity index is 1.37. The molecule has 0 radical (unpaired) electrons. The first-order chi connectivity index (χ1) is 14.8. The molecule has 0 spiro atoms. The van der Waals surface area contributed by atoms with E-state index in [1.165, 1.54) is 40.7 Å². The smallest absolute Gasteiger partial charge is 0.338 e. The zero-order valence-electron chi connectivity index (χ0n) is 16.0. The Morgan fingerprint density at radius 1 is 1.16 bits per heavy atom. The van der Waals surface area contributed by atoms with E-state index in [4.69, 9.17) is 9.26 Å². The van der Waals surface area contributed by atoms with Crippen molar-refractivity contribution >= 4 is 27.4 Å². The van der Waals surface area contributed by atoms with Crippen LogP contribution in [0.25, 0.3) is 11.4 Å². The second-order valence-electron chi connectivity index (χ2n) is 6.68. The van der Waals surface area contributed by atoms with Crippen LogP contribution in [-0.2, 0) is 21.4 Å². The van der Waals surface area contributed by atoms with E-state index in [1.54, 1.807) is 12.1 Å². The molecule has 0 aliphatic carbocycles. The number of esters is 1. The highest BCUT2D eigenvalue weighted by Crippen LogP contribution is 2.24. The van der Waals surface area contributed by atoms with Gasteiger partial charge in [0.25, 0.3) is 11.6 Å². The molecule has 0 atom stereocenters. The molecule has 3 aromatic rings. The maximum absolute atomic E-state index is 12.2. The molecule has 1 saturated heterocycles. The lowest BCUT2D eigenvalue weighted by molar-refractivity contribution is -0.384. The maximum Gasteiger partial charge on any atom is 0.338 e. The molecule has 2 heterocycles. The number of hydrogen-bond donors (Lipinski definition) is 0. The van der Waals surface area contributed by atoms with Crippen LogP contribution in [0.3, 0.4) is 0 Å². The lowest BCUT2D eigenvalue weighted by atomic mass is 10.2. The van der Waals surface area contributed by atoms with Gasteiger partial charge in [-0.2, -0.15) is 4.98 Å². The van der Waals surface area contributed by atoms with E-state index < -0.39 is 20.9 Å². The molecule has 0 amide bonds. The van der Waals surface area contributed by atoms with Crippen molar-refractivity contribution in [3.8, 4) is 11.4 Å². The monoisotopic (exact) mass is 444 g/mol. The fourth-order valence-electron chi connectivity index (χ4n) is 3.07. The molecule has 1 fully saturated rings. The van der Waals surface area contributed by atoms with Crippen LogP contribution in [0.4, 0.5) is 11.4 Å². The number of non-ortho nitro benzene ring substituents is 1. The van der Waals surface area contributed by atoms with Crippen molar-refractivity contribution in [1.82, 2.24) is 10.1 Å². The third-order valence-electron chi connectivity index (χ3n) is 4.62. The third-order valence-corrected chi connectivity index (χ3v) is 6.49. The van der Waals surface area contributed by atoms with Crippen LogP contribution in [0.1, 0.15) is 22.7 Å². The quantitative estimate of drug-likeness (QED) is 0.318. The predicted octanol–water partition coefficient (Wildman–Crippen LogP) is 2.54. The Labute approximate surface area is 176 Å². The summed E-state index contributed by atoms with van der Waals surface area (Å²) in [5.74, 6) is -0.257.